The zero-order valence-corrected chi connectivity index (χ0v) is 20.2. The van der Waals surface area contributed by atoms with Crippen molar-refractivity contribution >= 4 is 28.0 Å². The lowest BCUT2D eigenvalue weighted by molar-refractivity contribution is 0.0951. The summed E-state index contributed by atoms with van der Waals surface area (Å²) in [6.07, 6.45) is 0. The molecule has 0 saturated heterocycles. The average Bonchev–Trinajstić information content (AvgIpc) is 2.90. The normalized spacial score (nSPS) is 11.9. The van der Waals surface area contributed by atoms with Crippen LogP contribution in [0.3, 0.4) is 0 Å². The number of hydrogen-bond donors (Lipinski definition) is 1. The molecule has 35 heavy (non-hydrogen) atoms. The molecule has 4 rings (SSSR count). The number of ether oxygens (including phenoxy) is 1. The summed E-state index contributed by atoms with van der Waals surface area (Å²) in [5, 5.41) is 3.08. The topological polar surface area (TPSA) is 105 Å². The highest BCUT2D eigenvalue weighted by atomic mass is 32.2. The number of aryl methyl sites for hydroxylation is 1. The molecule has 0 spiro atoms. The number of benzene rings is 3. The van der Waals surface area contributed by atoms with E-state index in [2.05, 4.69) is 5.32 Å². The van der Waals surface area contributed by atoms with Crippen molar-refractivity contribution in [3.63, 3.8) is 0 Å². The third-order valence-corrected chi connectivity index (χ3v) is 7.08. The maximum absolute atomic E-state index is 13.2. The Labute approximate surface area is 205 Å². The Kier molecular flexibility index (Phi) is 7.38. The van der Waals surface area contributed by atoms with Crippen LogP contribution in [0.2, 0.25) is 0 Å². The molecule has 0 bridgehead atoms. The summed E-state index contributed by atoms with van der Waals surface area (Å²) >= 11 is -1.36. The molecule has 1 aromatic heterocycles. The average molecular weight is 492 g/mol. The summed E-state index contributed by atoms with van der Waals surface area (Å²) in [6.45, 7) is 0.306. The van der Waals surface area contributed by atoms with Gasteiger partial charge in [0.15, 0.2) is 4.90 Å². The first-order chi connectivity index (χ1) is 16.9. The minimum Gasteiger partial charge on any atom is -0.611 e. The smallest absolute Gasteiger partial charge is 0.331 e. The van der Waals surface area contributed by atoms with Crippen LogP contribution in [-0.2, 0) is 31.3 Å². The number of nitrogens with zero attached hydrogens (tertiary/aromatic N) is 2. The van der Waals surface area contributed by atoms with E-state index >= 15 is 0 Å². The maximum Gasteiger partial charge on any atom is 0.331 e. The Morgan fingerprint density at radius 1 is 1.03 bits per heavy atom. The monoisotopic (exact) mass is 491 g/mol. The van der Waals surface area contributed by atoms with Gasteiger partial charge in [-0.2, -0.15) is 0 Å². The second-order valence-electron chi connectivity index (χ2n) is 7.92. The first kappa shape index (κ1) is 24.3. The minimum absolute atomic E-state index is 0.00313. The highest BCUT2D eigenvalue weighted by molar-refractivity contribution is 7.91. The van der Waals surface area contributed by atoms with Crippen molar-refractivity contribution in [2.75, 3.05) is 12.9 Å². The molecule has 8 nitrogen and oxygen atoms in total. The van der Waals surface area contributed by atoms with Gasteiger partial charge in [0.05, 0.1) is 24.6 Å². The van der Waals surface area contributed by atoms with Crippen molar-refractivity contribution < 1.29 is 14.1 Å². The van der Waals surface area contributed by atoms with Gasteiger partial charge in [-0.25, -0.2) is 4.79 Å². The van der Waals surface area contributed by atoms with Crippen molar-refractivity contribution in [3.05, 3.63) is 105 Å². The summed E-state index contributed by atoms with van der Waals surface area (Å²) in [7, 11) is 3.15. The highest BCUT2D eigenvalue weighted by Gasteiger charge is 2.17. The first-order valence-corrected chi connectivity index (χ1v) is 12.3. The van der Waals surface area contributed by atoms with Gasteiger partial charge in [0.25, 0.3) is 11.5 Å². The van der Waals surface area contributed by atoms with Gasteiger partial charge in [-0.15, -0.1) is 0 Å². The van der Waals surface area contributed by atoms with E-state index in [-0.39, 0.29) is 23.6 Å². The van der Waals surface area contributed by atoms with Crippen LogP contribution in [0.15, 0.2) is 87.3 Å². The molecule has 0 saturated carbocycles. The van der Waals surface area contributed by atoms with E-state index in [0.717, 1.165) is 15.9 Å². The fraction of sp³-hybridized carbons (Fsp3) is 0.192. The minimum atomic E-state index is -1.36. The number of rotatable bonds is 8. The van der Waals surface area contributed by atoms with E-state index in [1.807, 2.05) is 30.3 Å². The molecule has 0 radical (unpaired) electrons. The Morgan fingerprint density at radius 2 is 1.74 bits per heavy atom. The van der Waals surface area contributed by atoms with Gasteiger partial charge in [0.2, 0.25) is 0 Å². The van der Waals surface area contributed by atoms with Crippen molar-refractivity contribution in [1.29, 1.82) is 0 Å². The van der Waals surface area contributed by atoms with Crippen molar-refractivity contribution in [2.45, 2.75) is 18.0 Å². The first-order valence-electron chi connectivity index (χ1n) is 11.0. The Morgan fingerprint density at radius 3 is 2.43 bits per heavy atom. The van der Waals surface area contributed by atoms with Gasteiger partial charge in [0, 0.05) is 19.2 Å². The zero-order valence-electron chi connectivity index (χ0n) is 19.4. The van der Waals surface area contributed by atoms with Crippen LogP contribution in [0.4, 0.5) is 0 Å². The number of nitrogens with one attached hydrogen (secondary N) is 1. The molecule has 0 fully saturated rings. The number of fused-ring (bicyclic) bond motifs is 1. The number of amides is 1. The molecular weight excluding hydrogens is 466 g/mol. The van der Waals surface area contributed by atoms with Crippen LogP contribution in [0, 0.1) is 0 Å². The summed E-state index contributed by atoms with van der Waals surface area (Å²) in [4.78, 5) is 39.4. The Bertz CT molecular complexity index is 1460. The number of aromatic nitrogens is 2. The van der Waals surface area contributed by atoms with E-state index in [4.69, 9.17) is 4.74 Å². The Hall–Kier alpha value is -3.82. The lowest BCUT2D eigenvalue weighted by Gasteiger charge is -2.14. The van der Waals surface area contributed by atoms with E-state index < -0.39 is 22.4 Å². The second-order valence-corrected chi connectivity index (χ2v) is 9.49. The highest BCUT2D eigenvalue weighted by Crippen LogP contribution is 2.14. The molecule has 0 aliphatic heterocycles. The van der Waals surface area contributed by atoms with E-state index in [1.165, 1.54) is 10.6 Å². The largest absolute Gasteiger partial charge is 0.611 e. The molecule has 4 aromatic rings. The number of carbonyl (C=O) groups excluding carboxylic acids is 1. The molecule has 180 valence electrons. The quantitative estimate of drug-likeness (QED) is 0.381. The fourth-order valence-corrected chi connectivity index (χ4v) is 4.79. The molecule has 1 N–H and O–H groups in total. The molecule has 1 heterocycles. The Balaban J connectivity index is 1.56. The molecule has 1 amide bonds. The molecule has 1 atom stereocenters. The third kappa shape index (κ3) is 5.31. The maximum atomic E-state index is 13.2. The van der Waals surface area contributed by atoms with Gasteiger partial charge in [-0.05, 0) is 59.2 Å². The molecule has 0 aliphatic carbocycles. The molecule has 9 heteroatoms. The third-order valence-electron chi connectivity index (χ3n) is 5.73. The second kappa shape index (κ2) is 10.6. The lowest BCUT2D eigenvalue weighted by Crippen LogP contribution is -2.40. The summed E-state index contributed by atoms with van der Waals surface area (Å²) in [5.74, 6) is 0.504. The number of hydrogen-bond acceptors (Lipinski definition) is 5. The van der Waals surface area contributed by atoms with Crippen LogP contribution < -0.4 is 21.3 Å². The summed E-state index contributed by atoms with van der Waals surface area (Å²) in [6, 6.07) is 20.9. The van der Waals surface area contributed by atoms with Crippen LogP contribution >= 0.6 is 0 Å². The van der Waals surface area contributed by atoms with Gasteiger partial charge >= 0.3 is 5.69 Å². The molecule has 0 aliphatic rings. The predicted octanol–water partition coefficient (Wildman–Crippen LogP) is 2.45. The fourth-order valence-electron chi connectivity index (χ4n) is 3.75. The zero-order chi connectivity index (χ0) is 24.9. The van der Waals surface area contributed by atoms with Crippen molar-refractivity contribution in [3.8, 4) is 5.75 Å². The summed E-state index contributed by atoms with van der Waals surface area (Å²) in [5.41, 5.74) is 0.617. The SMILES string of the molecule is COc1ccc(CNC(=O)c2ccc3c(c2)c(=O)n(CC[S+]([O-])c2ccccc2)c(=O)n3C)cc1. The lowest BCUT2D eigenvalue weighted by atomic mass is 10.1. The van der Waals surface area contributed by atoms with Crippen molar-refractivity contribution in [2.24, 2.45) is 7.05 Å². The standard InChI is InChI=1S/C26H25N3O5S/c1-28-23-13-10-19(24(30)27-17-18-8-11-20(34-2)12-9-18)16-22(23)25(31)29(26(28)32)14-15-35(33)21-6-4-3-5-7-21/h3-13,16H,14-15,17H2,1-2H3,(H,27,30). The van der Waals surface area contributed by atoms with Crippen LogP contribution in [0.1, 0.15) is 15.9 Å². The molecular formula is C26H25N3O5S. The summed E-state index contributed by atoms with van der Waals surface area (Å²) < 4.78 is 20.2. The van der Waals surface area contributed by atoms with Crippen molar-refractivity contribution in [1.82, 2.24) is 14.5 Å². The van der Waals surface area contributed by atoms with Crippen LogP contribution in [0.5, 0.6) is 5.75 Å². The molecule has 1 unspecified atom stereocenters. The van der Waals surface area contributed by atoms with Crippen LogP contribution in [-0.4, -0.2) is 32.5 Å². The number of carbonyl (C=O) groups is 1. The van der Waals surface area contributed by atoms with Gasteiger partial charge in [-0.1, -0.05) is 30.3 Å². The van der Waals surface area contributed by atoms with Gasteiger partial charge in [0.1, 0.15) is 11.5 Å². The van der Waals surface area contributed by atoms with E-state index in [9.17, 15) is 18.9 Å². The predicted molar refractivity (Wildman–Crippen MR) is 135 cm³/mol. The van der Waals surface area contributed by atoms with E-state index in [0.29, 0.717) is 22.5 Å². The van der Waals surface area contributed by atoms with E-state index in [1.54, 1.807) is 50.6 Å². The van der Waals surface area contributed by atoms with Gasteiger partial charge in [-0.3, -0.25) is 18.7 Å². The van der Waals surface area contributed by atoms with Crippen LogP contribution in [0.25, 0.3) is 10.9 Å². The number of methoxy groups -OCH3 is 1. The van der Waals surface area contributed by atoms with Gasteiger partial charge < -0.3 is 14.6 Å². The molecule has 3 aromatic carbocycles.